The van der Waals surface area contributed by atoms with Crippen LogP contribution in [0.3, 0.4) is 0 Å². The Morgan fingerprint density at radius 1 is 1.09 bits per heavy atom. The van der Waals surface area contributed by atoms with Crippen molar-refractivity contribution in [1.29, 1.82) is 0 Å². The zero-order valence-electron chi connectivity index (χ0n) is 19.4. The topological polar surface area (TPSA) is 82.8 Å². The van der Waals surface area contributed by atoms with Crippen molar-refractivity contribution in [3.05, 3.63) is 47.7 Å². The minimum atomic E-state index is 0.0871. The zero-order chi connectivity index (χ0) is 22.9. The van der Waals surface area contributed by atoms with Gasteiger partial charge in [-0.2, -0.15) is 10.2 Å². The van der Waals surface area contributed by atoms with Gasteiger partial charge in [-0.05, 0) is 71.1 Å². The quantitative estimate of drug-likeness (QED) is 0.442. The van der Waals surface area contributed by atoms with E-state index in [1.807, 2.05) is 29.8 Å². The molecule has 6 nitrogen and oxygen atoms in total. The van der Waals surface area contributed by atoms with Gasteiger partial charge < -0.3 is 10.4 Å². The number of nitrogens with one attached hydrogen (secondary N) is 1. The molecule has 0 unspecified atom stereocenters. The standard InChI is InChI=1S/C25H31N5OS/c1-24(2)13-16(14-25(3,4)30-24)10-20-21(29-26-5)11-18(15-28-20)19-7-6-17(12-22(19)31)23-27-8-9-32-23/h6-9,11-12,15-16,30-31H,10,13-14H2,1-5H3. The van der Waals surface area contributed by atoms with Gasteiger partial charge in [0.05, 0.1) is 5.69 Å². The Kier molecular flexibility index (Phi) is 6.14. The van der Waals surface area contributed by atoms with Gasteiger partial charge in [-0.15, -0.1) is 11.3 Å². The molecule has 1 saturated heterocycles. The number of piperidine rings is 1. The molecular formula is C25H31N5OS. The molecule has 3 aromatic rings. The zero-order valence-corrected chi connectivity index (χ0v) is 20.2. The molecule has 2 N–H and O–H groups in total. The Labute approximate surface area is 193 Å². The number of benzene rings is 1. The van der Waals surface area contributed by atoms with Crippen LogP contribution in [-0.2, 0) is 6.42 Å². The molecule has 0 amide bonds. The van der Waals surface area contributed by atoms with E-state index in [0.717, 1.165) is 52.3 Å². The van der Waals surface area contributed by atoms with Gasteiger partial charge in [0.2, 0.25) is 0 Å². The van der Waals surface area contributed by atoms with Gasteiger partial charge in [-0.3, -0.25) is 4.98 Å². The van der Waals surface area contributed by atoms with Crippen molar-refractivity contribution in [2.45, 2.75) is 58.0 Å². The predicted molar refractivity (Wildman–Crippen MR) is 131 cm³/mol. The summed E-state index contributed by atoms with van der Waals surface area (Å²) in [6.07, 6.45) is 6.63. The number of hydrogen-bond donors (Lipinski definition) is 2. The highest BCUT2D eigenvalue weighted by molar-refractivity contribution is 7.13. The van der Waals surface area contributed by atoms with Gasteiger partial charge >= 0.3 is 0 Å². The number of thiazole rings is 1. The van der Waals surface area contributed by atoms with Gasteiger partial charge in [-0.25, -0.2) is 4.98 Å². The number of aromatic hydroxyl groups is 1. The molecule has 7 heteroatoms. The van der Waals surface area contributed by atoms with Crippen LogP contribution in [0.15, 0.2) is 52.3 Å². The van der Waals surface area contributed by atoms with Gasteiger partial charge in [0.15, 0.2) is 0 Å². The number of hydrogen-bond acceptors (Lipinski definition) is 7. The molecule has 32 heavy (non-hydrogen) atoms. The van der Waals surface area contributed by atoms with Crippen LogP contribution in [0, 0.1) is 5.92 Å². The molecular weight excluding hydrogens is 418 g/mol. The molecule has 1 aliphatic rings. The number of aromatic nitrogens is 2. The molecule has 1 aliphatic heterocycles. The third-order valence-corrected chi connectivity index (χ3v) is 6.72. The van der Waals surface area contributed by atoms with E-state index in [0.29, 0.717) is 5.92 Å². The number of phenols is 1. The van der Waals surface area contributed by atoms with Crippen molar-refractivity contribution in [3.8, 4) is 27.4 Å². The van der Waals surface area contributed by atoms with E-state index in [1.54, 1.807) is 30.6 Å². The second-order valence-electron chi connectivity index (χ2n) is 9.93. The number of pyridine rings is 1. The van der Waals surface area contributed by atoms with Crippen molar-refractivity contribution >= 4 is 17.0 Å². The van der Waals surface area contributed by atoms with Crippen LogP contribution < -0.4 is 5.32 Å². The van der Waals surface area contributed by atoms with E-state index < -0.39 is 0 Å². The average molecular weight is 450 g/mol. The number of phenolic OH excluding ortho intramolecular Hbond substituents is 1. The molecule has 0 atom stereocenters. The van der Waals surface area contributed by atoms with Crippen molar-refractivity contribution in [2.75, 3.05) is 7.05 Å². The average Bonchev–Trinajstić information content (AvgIpc) is 3.22. The van der Waals surface area contributed by atoms with E-state index in [4.69, 9.17) is 4.98 Å². The molecule has 0 bridgehead atoms. The fourth-order valence-corrected chi connectivity index (χ4v) is 5.84. The first-order valence-electron chi connectivity index (χ1n) is 11.0. The van der Waals surface area contributed by atoms with Gasteiger partial charge in [0, 0.05) is 52.6 Å². The third-order valence-electron chi connectivity index (χ3n) is 5.90. The van der Waals surface area contributed by atoms with E-state index in [9.17, 15) is 5.11 Å². The first-order valence-corrected chi connectivity index (χ1v) is 11.9. The van der Waals surface area contributed by atoms with E-state index >= 15 is 0 Å². The van der Waals surface area contributed by atoms with Crippen molar-refractivity contribution in [1.82, 2.24) is 15.3 Å². The normalized spacial score (nSPS) is 18.3. The van der Waals surface area contributed by atoms with Gasteiger partial charge in [-0.1, -0.05) is 6.07 Å². The number of nitrogens with zero attached hydrogens (tertiary/aromatic N) is 4. The highest BCUT2D eigenvalue weighted by atomic mass is 32.1. The van der Waals surface area contributed by atoms with Crippen molar-refractivity contribution in [3.63, 3.8) is 0 Å². The maximum atomic E-state index is 10.7. The second kappa shape index (κ2) is 8.71. The highest BCUT2D eigenvalue weighted by Gasteiger charge is 2.37. The number of rotatable bonds is 5. The summed E-state index contributed by atoms with van der Waals surface area (Å²) in [5.41, 5.74) is 4.34. The summed E-state index contributed by atoms with van der Waals surface area (Å²) in [6.45, 7) is 9.06. The summed E-state index contributed by atoms with van der Waals surface area (Å²) < 4.78 is 0. The molecule has 0 saturated carbocycles. The number of azo groups is 1. The molecule has 2 aromatic heterocycles. The van der Waals surface area contributed by atoms with Crippen LogP contribution in [0.4, 0.5) is 5.69 Å². The Morgan fingerprint density at radius 3 is 2.47 bits per heavy atom. The van der Waals surface area contributed by atoms with Crippen molar-refractivity contribution in [2.24, 2.45) is 16.1 Å². The Morgan fingerprint density at radius 2 is 1.84 bits per heavy atom. The summed E-state index contributed by atoms with van der Waals surface area (Å²) in [6, 6.07) is 7.61. The van der Waals surface area contributed by atoms with E-state index in [-0.39, 0.29) is 16.8 Å². The van der Waals surface area contributed by atoms with Crippen LogP contribution in [0.5, 0.6) is 5.75 Å². The summed E-state index contributed by atoms with van der Waals surface area (Å²) in [5, 5.41) is 25.7. The first-order chi connectivity index (χ1) is 15.2. The van der Waals surface area contributed by atoms with E-state index in [2.05, 4.69) is 48.2 Å². The Balaban J connectivity index is 1.62. The summed E-state index contributed by atoms with van der Waals surface area (Å²) in [7, 11) is 1.67. The lowest BCUT2D eigenvalue weighted by molar-refractivity contribution is 0.128. The van der Waals surface area contributed by atoms with Crippen LogP contribution in [0.1, 0.15) is 46.2 Å². The molecule has 4 rings (SSSR count). The highest BCUT2D eigenvalue weighted by Crippen LogP contribution is 2.38. The lowest BCUT2D eigenvalue weighted by Crippen LogP contribution is -2.58. The fraction of sp³-hybridized carbons (Fsp3) is 0.440. The minimum Gasteiger partial charge on any atom is -0.507 e. The Hall–Kier alpha value is -2.64. The first kappa shape index (κ1) is 22.6. The molecule has 3 heterocycles. The summed E-state index contributed by atoms with van der Waals surface area (Å²) in [4.78, 5) is 9.10. The maximum Gasteiger partial charge on any atom is 0.124 e. The molecule has 0 aliphatic carbocycles. The van der Waals surface area contributed by atoms with Crippen LogP contribution in [0.25, 0.3) is 21.7 Å². The smallest absolute Gasteiger partial charge is 0.124 e. The van der Waals surface area contributed by atoms with E-state index in [1.165, 1.54) is 0 Å². The second-order valence-corrected chi connectivity index (χ2v) is 10.8. The fourth-order valence-electron chi connectivity index (χ4n) is 5.21. The lowest BCUT2D eigenvalue weighted by atomic mass is 9.74. The molecule has 0 spiro atoms. The van der Waals surface area contributed by atoms with Crippen LogP contribution in [-0.4, -0.2) is 33.2 Å². The molecule has 168 valence electrons. The molecule has 1 aromatic carbocycles. The van der Waals surface area contributed by atoms with Gasteiger partial charge in [0.25, 0.3) is 0 Å². The van der Waals surface area contributed by atoms with Crippen LogP contribution >= 0.6 is 11.3 Å². The summed E-state index contributed by atoms with van der Waals surface area (Å²) in [5.74, 6) is 0.713. The lowest BCUT2D eigenvalue weighted by Gasteiger charge is -2.46. The monoisotopic (exact) mass is 449 g/mol. The summed E-state index contributed by atoms with van der Waals surface area (Å²) >= 11 is 1.55. The van der Waals surface area contributed by atoms with Crippen LogP contribution in [0.2, 0.25) is 0 Å². The largest absolute Gasteiger partial charge is 0.507 e. The SMILES string of the molecule is CN=Nc1cc(-c2ccc(-c3nccs3)cc2O)cnc1CC1CC(C)(C)NC(C)(C)C1. The minimum absolute atomic E-state index is 0.0871. The molecule has 0 radical (unpaired) electrons. The van der Waals surface area contributed by atoms with Crippen molar-refractivity contribution < 1.29 is 5.11 Å². The maximum absolute atomic E-state index is 10.7. The van der Waals surface area contributed by atoms with Gasteiger partial charge in [0.1, 0.15) is 16.4 Å². The Bertz CT molecular complexity index is 1110. The predicted octanol–water partition coefficient (Wildman–Crippen LogP) is 6.39. The molecule has 1 fully saturated rings. The third kappa shape index (κ3) is 5.05.